The maximum atomic E-state index is 13.6. The van der Waals surface area contributed by atoms with E-state index in [1.165, 1.54) is 37.6 Å². The number of nitrogens with one attached hydrogen (secondary N) is 1. The number of likely N-dealkylation sites (tertiary alicyclic amines) is 1. The molecule has 4 rings (SSSR count). The molecule has 0 saturated carbocycles. The minimum Gasteiger partial charge on any atom is -0.352 e. The van der Waals surface area contributed by atoms with Gasteiger partial charge in [0.15, 0.2) is 0 Å². The summed E-state index contributed by atoms with van der Waals surface area (Å²) in [5.41, 5.74) is 5.49. The lowest BCUT2D eigenvalue weighted by Gasteiger charge is -2.30. The Balaban J connectivity index is 1.28. The molecule has 0 aliphatic carbocycles. The summed E-state index contributed by atoms with van der Waals surface area (Å²) in [5.74, 6) is 0.485. The average molecular weight is 446 g/mol. The first-order valence-corrected chi connectivity index (χ1v) is 11.7. The summed E-state index contributed by atoms with van der Waals surface area (Å²) in [6.45, 7) is 7.74. The lowest BCUT2D eigenvalue weighted by Crippen LogP contribution is -2.32. The second kappa shape index (κ2) is 10.7. The van der Waals surface area contributed by atoms with Crippen LogP contribution in [0.4, 0.5) is 4.39 Å². The predicted molar refractivity (Wildman–Crippen MR) is 130 cm³/mol. The summed E-state index contributed by atoms with van der Waals surface area (Å²) in [4.78, 5) is 19.4. The summed E-state index contributed by atoms with van der Waals surface area (Å²) in [6.07, 6.45) is 4.58. The first-order chi connectivity index (χ1) is 16.0. The van der Waals surface area contributed by atoms with Crippen molar-refractivity contribution in [1.82, 2.24) is 15.2 Å². The predicted octanol–water partition coefficient (Wildman–Crippen LogP) is 5.29. The summed E-state index contributed by atoms with van der Waals surface area (Å²) >= 11 is 0. The van der Waals surface area contributed by atoms with Gasteiger partial charge in [-0.15, -0.1) is 0 Å². The Morgan fingerprint density at radius 3 is 2.39 bits per heavy atom. The molecule has 1 aliphatic rings. The molecule has 0 spiro atoms. The molecular weight excluding hydrogens is 413 g/mol. The van der Waals surface area contributed by atoms with Crippen LogP contribution in [0.25, 0.3) is 11.3 Å². The first-order valence-electron chi connectivity index (χ1n) is 11.7. The Morgan fingerprint density at radius 1 is 1.03 bits per heavy atom. The number of pyridine rings is 1. The Kier molecular flexibility index (Phi) is 7.50. The van der Waals surface area contributed by atoms with Crippen molar-refractivity contribution in [3.63, 3.8) is 0 Å². The minimum atomic E-state index is -0.254. The number of carbonyl (C=O) groups is 1. The molecule has 1 aromatic heterocycles. The van der Waals surface area contributed by atoms with E-state index in [-0.39, 0.29) is 18.1 Å². The van der Waals surface area contributed by atoms with E-state index in [0.717, 1.165) is 34.8 Å². The zero-order valence-corrected chi connectivity index (χ0v) is 19.5. The number of piperidine rings is 1. The van der Waals surface area contributed by atoms with Crippen molar-refractivity contribution in [3.05, 3.63) is 88.9 Å². The standard InChI is InChI=1S/C28H32FN3O/c1-20-11-13-32(14-12-20)19-22-5-8-25(9-6-22)27-10-7-24(17-30-27)16-28(33)31-18-23-4-3-21(2)26(29)15-23/h3-10,15,17,20H,11-14,16,18-19H2,1-2H3,(H,31,33). The molecule has 0 unspecified atom stereocenters. The fraction of sp³-hybridized carbons (Fsp3) is 0.357. The van der Waals surface area contributed by atoms with Crippen molar-refractivity contribution in [3.8, 4) is 11.3 Å². The van der Waals surface area contributed by atoms with Crippen LogP contribution in [0, 0.1) is 18.7 Å². The number of aryl methyl sites for hydroxylation is 1. The third-order valence-electron chi connectivity index (χ3n) is 6.45. The Bertz CT molecular complexity index is 1070. The Labute approximate surface area is 195 Å². The highest BCUT2D eigenvalue weighted by atomic mass is 19.1. The highest BCUT2D eigenvalue weighted by molar-refractivity contribution is 5.78. The number of hydrogen-bond donors (Lipinski definition) is 1. The van der Waals surface area contributed by atoms with Gasteiger partial charge in [0, 0.05) is 24.8 Å². The summed E-state index contributed by atoms with van der Waals surface area (Å²) in [7, 11) is 0. The first kappa shape index (κ1) is 23.1. The van der Waals surface area contributed by atoms with Crippen LogP contribution in [0.3, 0.4) is 0 Å². The van der Waals surface area contributed by atoms with E-state index in [0.29, 0.717) is 12.1 Å². The van der Waals surface area contributed by atoms with Crippen LogP contribution < -0.4 is 5.32 Å². The zero-order chi connectivity index (χ0) is 23.2. The molecule has 1 saturated heterocycles. The second-order valence-corrected chi connectivity index (χ2v) is 9.24. The van der Waals surface area contributed by atoms with E-state index in [2.05, 4.69) is 46.4 Å². The molecule has 3 aromatic rings. The van der Waals surface area contributed by atoms with Crippen LogP contribution in [0.2, 0.25) is 0 Å². The molecule has 1 fully saturated rings. The van der Waals surface area contributed by atoms with E-state index in [1.807, 2.05) is 18.2 Å². The molecule has 1 amide bonds. The minimum absolute atomic E-state index is 0.109. The molecular formula is C28H32FN3O. The smallest absolute Gasteiger partial charge is 0.224 e. The topological polar surface area (TPSA) is 45.2 Å². The molecule has 2 heterocycles. The summed E-state index contributed by atoms with van der Waals surface area (Å²) in [6, 6.07) is 17.5. The van der Waals surface area contributed by atoms with Crippen molar-refractivity contribution in [1.29, 1.82) is 0 Å². The maximum Gasteiger partial charge on any atom is 0.224 e. The molecule has 172 valence electrons. The third-order valence-corrected chi connectivity index (χ3v) is 6.45. The van der Waals surface area contributed by atoms with Gasteiger partial charge in [0.25, 0.3) is 0 Å². The average Bonchev–Trinajstić information content (AvgIpc) is 2.82. The molecule has 0 radical (unpaired) electrons. The maximum absolute atomic E-state index is 13.6. The van der Waals surface area contributed by atoms with Gasteiger partial charge >= 0.3 is 0 Å². The molecule has 2 aromatic carbocycles. The number of benzene rings is 2. The quantitative estimate of drug-likeness (QED) is 0.538. The number of halogens is 1. The van der Waals surface area contributed by atoms with Gasteiger partial charge in [-0.3, -0.25) is 14.7 Å². The van der Waals surface area contributed by atoms with Gasteiger partial charge < -0.3 is 5.32 Å². The van der Waals surface area contributed by atoms with Crippen LogP contribution in [0.1, 0.15) is 42.0 Å². The summed E-state index contributed by atoms with van der Waals surface area (Å²) in [5, 5.41) is 2.85. The lowest BCUT2D eigenvalue weighted by atomic mass is 9.98. The Morgan fingerprint density at radius 2 is 1.73 bits per heavy atom. The van der Waals surface area contributed by atoms with Gasteiger partial charge in [-0.25, -0.2) is 4.39 Å². The van der Waals surface area contributed by atoms with Gasteiger partial charge in [-0.05, 0) is 73.2 Å². The zero-order valence-electron chi connectivity index (χ0n) is 19.5. The van der Waals surface area contributed by atoms with E-state index in [4.69, 9.17) is 0 Å². The number of aromatic nitrogens is 1. The fourth-order valence-corrected chi connectivity index (χ4v) is 4.15. The highest BCUT2D eigenvalue weighted by Gasteiger charge is 2.15. The van der Waals surface area contributed by atoms with Crippen LogP contribution >= 0.6 is 0 Å². The molecule has 4 nitrogen and oxygen atoms in total. The molecule has 5 heteroatoms. The van der Waals surface area contributed by atoms with E-state index >= 15 is 0 Å². The number of nitrogens with zero attached hydrogens (tertiary/aromatic N) is 2. The van der Waals surface area contributed by atoms with E-state index in [9.17, 15) is 9.18 Å². The fourth-order valence-electron chi connectivity index (χ4n) is 4.15. The van der Waals surface area contributed by atoms with Gasteiger partial charge in [-0.1, -0.05) is 49.4 Å². The number of hydrogen-bond acceptors (Lipinski definition) is 3. The van der Waals surface area contributed by atoms with Gasteiger partial charge in [0.05, 0.1) is 12.1 Å². The SMILES string of the molecule is Cc1ccc(CNC(=O)Cc2ccc(-c3ccc(CN4CCC(C)CC4)cc3)nc2)cc1F. The van der Waals surface area contributed by atoms with E-state index in [1.54, 1.807) is 19.2 Å². The van der Waals surface area contributed by atoms with Gasteiger partial charge in [0.1, 0.15) is 5.82 Å². The van der Waals surface area contributed by atoms with Crippen LogP contribution in [0.5, 0.6) is 0 Å². The summed E-state index contributed by atoms with van der Waals surface area (Å²) < 4.78 is 13.6. The van der Waals surface area contributed by atoms with Gasteiger partial charge in [0.2, 0.25) is 5.91 Å². The number of amides is 1. The number of rotatable bonds is 7. The molecule has 0 atom stereocenters. The van der Waals surface area contributed by atoms with Crippen molar-refractivity contribution >= 4 is 5.91 Å². The van der Waals surface area contributed by atoms with Crippen molar-refractivity contribution in [2.24, 2.45) is 5.92 Å². The van der Waals surface area contributed by atoms with Crippen molar-refractivity contribution in [2.75, 3.05) is 13.1 Å². The van der Waals surface area contributed by atoms with Crippen LogP contribution in [-0.4, -0.2) is 28.9 Å². The molecule has 0 bridgehead atoms. The van der Waals surface area contributed by atoms with Crippen LogP contribution in [-0.2, 0) is 24.3 Å². The normalized spacial score (nSPS) is 14.9. The molecule has 33 heavy (non-hydrogen) atoms. The lowest BCUT2D eigenvalue weighted by molar-refractivity contribution is -0.120. The molecule has 1 aliphatic heterocycles. The largest absolute Gasteiger partial charge is 0.352 e. The highest BCUT2D eigenvalue weighted by Crippen LogP contribution is 2.21. The molecule has 1 N–H and O–H groups in total. The van der Waals surface area contributed by atoms with Gasteiger partial charge in [-0.2, -0.15) is 0 Å². The number of carbonyl (C=O) groups excluding carboxylic acids is 1. The van der Waals surface area contributed by atoms with Crippen LogP contribution in [0.15, 0.2) is 60.8 Å². The second-order valence-electron chi connectivity index (χ2n) is 9.24. The van der Waals surface area contributed by atoms with Crippen molar-refractivity contribution < 1.29 is 9.18 Å². The van der Waals surface area contributed by atoms with Crippen molar-refractivity contribution in [2.45, 2.75) is 46.2 Å². The van der Waals surface area contributed by atoms with E-state index < -0.39 is 0 Å². The third kappa shape index (κ3) is 6.48. The Hall–Kier alpha value is -3.05. The monoisotopic (exact) mass is 445 g/mol.